The second kappa shape index (κ2) is 26.8. The van der Waals surface area contributed by atoms with Crippen LogP contribution >= 0.6 is 0 Å². The number of guanidine groups is 2. The van der Waals surface area contributed by atoms with Gasteiger partial charge in [0.2, 0.25) is 29.5 Å². The largest absolute Gasteiger partial charge is 0.480 e. The van der Waals surface area contributed by atoms with Gasteiger partial charge in [-0.2, -0.15) is 0 Å². The summed E-state index contributed by atoms with van der Waals surface area (Å²) >= 11 is 0. The number of benzene rings is 2. The molecule has 0 fully saturated rings. The summed E-state index contributed by atoms with van der Waals surface area (Å²) in [5, 5.41) is 25.3. The van der Waals surface area contributed by atoms with Gasteiger partial charge in [-0.1, -0.05) is 63.1 Å². The summed E-state index contributed by atoms with van der Waals surface area (Å²) in [6, 6.07) is 7.46. The van der Waals surface area contributed by atoms with Crippen molar-refractivity contribution in [2.75, 3.05) is 19.6 Å². The topological polar surface area (TPSA) is 395 Å². The van der Waals surface area contributed by atoms with Gasteiger partial charge in [0.25, 0.3) is 0 Å². The van der Waals surface area contributed by atoms with E-state index in [2.05, 4.69) is 46.5 Å². The molecular weight excluding hydrogens is 875 g/mol. The Morgan fingerprint density at radius 1 is 0.603 bits per heavy atom. The fraction of sp³-hybridized carbons (Fsp3) is 0.478. The Kier molecular flexibility index (Phi) is 21.1. The molecule has 7 atom stereocenters. The first kappa shape index (κ1) is 53.4. The van der Waals surface area contributed by atoms with Gasteiger partial charge in [0.05, 0.1) is 6.04 Å². The molecule has 370 valence electrons. The number of nitrogens with two attached hydrogens (primary N) is 6. The van der Waals surface area contributed by atoms with Crippen molar-refractivity contribution in [2.24, 2.45) is 50.3 Å². The molecule has 0 spiro atoms. The standard InChI is InChI=1S/C46H69N15O7/c1-3-26(2)38(44(67)68)61-43(66)37(23-28-25-56-33-16-7-5-13-30(28)33)60-41(64)35(18-11-21-54-46(51)52)57-40(63)34(17-10-20-53-45(49)50)58-42(65)36(59-39(62)31(48)14-8-9-19-47)22-27-24-55-32-15-6-4-12-29(27)32/h4-7,12-13,15-16,24-26,31,34-38,55-56H,3,8-11,14,17-23,47-48H2,1-2H3,(H,57,63)(H,58,65)(H,59,62)(H,60,64)(H,61,66)(H,67,68)(H4,49,50,53)(H4,51,52,54)/t26-,31-,34-,35-,36-,37-,38-/m0/s1. The third-order valence-corrected chi connectivity index (χ3v) is 11.7. The number of nitrogens with zero attached hydrogens (tertiary/aromatic N) is 2. The van der Waals surface area contributed by atoms with Crippen LogP contribution in [0.15, 0.2) is 70.9 Å². The molecular formula is C46H69N15O7. The van der Waals surface area contributed by atoms with Crippen LogP contribution in [0.1, 0.15) is 76.3 Å². The number of aliphatic carboxylic acids is 1. The Bertz CT molecular complexity index is 2370. The molecule has 20 N–H and O–H groups in total. The highest BCUT2D eigenvalue weighted by Gasteiger charge is 2.34. The average Bonchev–Trinajstić information content (AvgIpc) is 3.92. The minimum atomic E-state index is -1.33. The number of rotatable bonds is 29. The third-order valence-electron chi connectivity index (χ3n) is 11.7. The van der Waals surface area contributed by atoms with Crippen molar-refractivity contribution in [3.05, 3.63) is 72.1 Å². The van der Waals surface area contributed by atoms with E-state index in [0.29, 0.717) is 43.4 Å². The molecule has 4 aromatic rings. The Hall–Kier alpha value is -7.20. The van der Waals surface area contributed by atoms with E-state index in [4.69, 9.17) is 34.4 Å². The summed E-state index contributed by atoms with van der Waals surface area (Å²) in [4.78, 5) is 97.5. The highest BCUT2D eigenvalue weighted by Crippen LogP contribution is 2.21. The number of aliphatic imine (C=N–C) groups is 2. The van der Waals surface area contributed by atoms with Gasteiger partial charge in [0.15, 0.2) is 11.9 Å². The van der Waals surface area contributed by atoms with Gasteiger partial charge >= 0.3 is 5.97 Å². The van der Waals surface area contributed by atoms with Crippen molar-refractivity contribution in [1.29, 1.82) is 0 Å². The van der Waals surface area contributed by atoms with E-state index in [1.807, 2.05) is 48.5 Å². The predicted octanol–water partition coefficient (Wildman–Crippen LogP) is -0.447. The Morgan fingerprint density at radius 3 is 1.47 bits per heavy atom. The maximum atomic E-state index is 14.5. The third kappa shape index (κ3) is 16.3. The van der Waals surface area contributed by atoms with Gasteiger partial charge in [0, 0.05) is 60.1 Å². The van der Waals surface area contributed by atoms with Crippen molar-refractivity contribution in [3.8, 4) is 0 Å². The van der Waals surface area contributed by atoms with Gasteiger partial charge in [-0.25, -0.2) is 4.79 Å². The highest BCUT2D eigenvalue weighted by molar-refractivity contribution is 5.97. The molecule has 0 saturated carbocycles. The lowest BCUT2D eigenvalue weighted by Crippen LogP contribution is -2.60. The quantitative estimate of drug-likeness (QED) is 0.0187. The number of carboxylic acids is 1. The average molecular weight is 944 g/mol. The highest BCUT2D eigenvalue weighted by atomic mass is 16.4. The number of unbranched alkanes of at least 4 members (excludes halogenated alkanes) is 1. The SMILES string of the molecule is CC[C@H](C)[C@H](NC(=O)[C@H](Cc1c[nH]c2ccccc12)NC(=O)[C@H](CCCN=C(N)N)NC(=O)[C@H](CCCN=C(N)N)NC(=O)[C@H](Cc1c[nH]c2ccccc12)NC(=O)[C@@H](N)CCCCN)C(=O)O. The zero-order valence-electron chi connectivity index (χ0n) is 38.8. The van der Waals surface area contributed by atoms with Crippen molar-refractivity contribution in [2.45, 2.75) is 114 Å². The number of aromatic nitrogens is 2. The van der Waals surface area contributed by atoms with Crippen LogP contribution in [0.4, 0.5) is 0 Å². The molecule has 0 aliphatic carbocycles. The van der Waals surface area contributed by atoms with E-state index in [-0.39, 0.29) is 63.5 Å². The Labute approximate surface area is 395 Å². The van der Waals surface area contributed by atoms with Gasteiger partial charge in [-0.3, -0.25) is 34.0 Å². The second-order valence-electron chi connectivity index (χ2n) is 16.9. The van der Waals surface area contributed by atoms with Gasteiger partial charge in [-0.05, 0) is 74.2 Å². The van der Waals surface area contributed by atoms with Crippen LogP contribution < -0.4 is 61.0 Å². The normalized spacial score (nSPS) is 14.3. The Morgan fingerprint density at radius 2 is 1.03 bits per heavy atom. The molecule has 2 aromatic carbocycles. The molecule has 22 heteroatoms. The number of nitrogens with one attached hydrogen (secondary N) is 7. The van der Waals surface area contributed by atoms with Crippen LogP contribution in [0.2, 0.25) is 0 Å². The van der Waals surface area contributed by atoms with Gasteiger partial charge in [-0.15, -0.1) is 0 Å². The van der Waals surface area contributed by atoms with Crippen molar-refractivity contribution < 1.29 is 33.9 Å². The molecule has 68 heavy (non-hydrogen) atoms. The zero-order valence-corrected chi connectivity index (χ0v) is 38.8. The maximum Gasteiger partial charge on any atom is 0.326 e. The van der Waals surface area contributed by atoms with E-state index in [1.165, 1.54) is 0 Å². The summed E-state index contributed by atoms with van der Waals surface area (Å²) in [7, 11) is 0. The lowest BCUT2D eigenvalue weighted by atomic mass is 9.97. The van der Waals surface area contributed by atoms with Crippen molar-refractivity contribution in [3.63, 3.8) is 0 Å². The first-order valence-electron chi connectivity index (χ1n) is 22.9. The lowest BCUT2D eigenvalue weighted by Gasteiger charge is -2.28. The van der Waals surface area contributed by atoms with Crippen LogP contribution in [-0.2, 0) is 41.6 Å². The number of carbonyl (C=O) groups is 6. The van der Waals surface area contributed by atoms with E-state index >= 15 is 0 Å². The van der Waals surface area contributed by atoms with Crippen LogP contribution in [0.5, 0.6) is 0 Å². The molecule has 22 nitrogen and oxygen atoms in total. The summed E-state index contributed by atoms with van der Waals surface area (Å²) < 4.78 is 0. The van der Waals surface area contributed by atoms with Crippen LogP contribution in [-0.4, -0.2) is 118 Å². The molecule has 2 heterocycles. The number of hydrogen-bond donors (Lipinski definition) is 14. The molecule has 0 aliphatic heterocycles. The molecule has 4 rings (SSSR count). The molecule has 0 unspecified atom stereocenters. The van der Waals surface area contributed by atoms with Crippen LogP contribution in [0.25, 0.3) is 21.8 Å². The summed E-state index contributed by atoms with van der Waals surface area (Å²) in [6.45, 7) is 4.09. The fourth-order valence-electron chi connectivity index (χ4n) is 7.68. The van der Waals surface area contributed by atoms with E-state index in [0.717, 1.165) is 21.8 Å². The van der Waals surface area contributed by atoms with E-state index in [9.17, 15) is 33.9 Å². The molecule has 2 aromatic heterocycles. The van der Waals surface area contributed by atoms with Gasteiger partial charge < -0.3 is 76.1 Å². The van der Waals surface area contributed by atoms with Crippen LogP contribution in [0, 0.1) is 5.92 Å². The minimum absolute atomic E-state index is 0.0131. The summed E-state index contributed by atoms with van der Waals surface area (Å²) in [6.07, 6.45) is 5.80. The number of hydrogen-bond acceptors (Lipinski definition) is 10. The summed E-state index contributed by atoms with van der Waals surface area (Å²) in [5.41, 5.74) is 37.1. The molecule has 0 bridgehead atoms. The first-order valence-corrected chi connectivity index (χ1v) is 22.9. The number of para-hydroxylation sites is 2. The number of amides is 5. The lowest BCUT2D eigenvalue weighted by molar-refractivity contribution is -0.143. The van der Waals surface area contributed by atoms with E-state index < -0.39 is 77.7 Å². The van der Waals surface area contributed by atoms with Gasteiger partial charge in [0.1, 0.15) is 30.2 Å². The molecule has 0 aliphatic rings. The monoisotopic (exact) mass is 944 g/mol. The smallest absolute Gasteiger partial charge is 0.326 e. The summed E-state index contributed by atoms with van der Waals surface area (Å²) in [5.74, 6) is -5.65. The number of fused-ring (bicyclic) bond motifs is 2. The van der Waals surface area contributed by atoms with Crippen molar-refractivity contribution >= 4 is 69.2 Å². The Balaban J connectivity index is 1.67. The fourth-order valence-corrected chi connectivity index (χ4v) is 7.68. The molecule has 0 radical (unpaired) electrons. The number of aromatic amines is 2. The second-order valence-corrected chi connectivity index (χ2v) is 16.9. The number of H-pyrrole nitrogens is 2. The zero-order chi connectivity index (χ0) is 49.8. The minimum Gasteiger partial charge on any atom is -0.480 e. The number of carbonyl (C=O) groups excluding carboxylic acids is 5. The predicted molar refractivity (Wildman–Crippen MR) is 261 cm³/mol. The van der Waals surface area contributed by atoms with E-state index in [1.54, 1.807) is 26.2 Å². The number of carboxylic acid groups (broad SMARTS) is 1. The van der Waals surface area contributed by atoms with Crippen molar-refractivity contribution in [1.82, 2.24) is 36.6 Å². The maximum absolute atomic E-state index is 14.5. The molecule has 0 saturated heterocycles. The first-order chi connectivity index (χ1) is 32.5. The van der Waals surface area contributed by atoms with Crippen LogP contribution in [0.3, 0.4) is 0 Å². The molecule has 5 amide bonds.